The zero-order valence-electron chi connectivity index (χ0n) is 8.63. The first-order valence-electron chi connectivity index (χ1n) is 5.31. The first kappa shape index (κ1) is 11.0. The third kappa shape index (κ3) is 5.24. The second-order valence-corrected chi connectivity index (χ2v) is 3.48. The summed E-state index contributed by atoms with van der Waals surface area (Å²) in [5, 5.41) is 0. The van der Waals surface area contributed by atoms with Crippen molar-refractivity contribution in [3.05, 3.63) is 0 Å². The number of likely N-dealkylation sites (tertiary alicyclic amines) is 1. The second kappa shape index (κ2) is 7.30. The molecule has 0 radical (unpaired) electrons. The number of nitrogens with zero attached hydrogens (tertiary/aromatic N) is 1. The highest BCUT2D eigenvalue weighted by Gasteiger charge is 2.09. The molecule has 13 heavy (non-hydrogen) atoms. The van der Waals surface area contributed by atoms with Crippen LogP contribution in [0.25, 0.3) is 0 Å². The Hall–Kier alpha value is -0.120. The summed E-state index contributed by atoms with van der Waals surface area (Å²) >= 11 is 0. The lowest BCUT2D eigenvalue weighted by molar-refractivity contribution is -0.0571. The molecule has 1 saturated heterocycles. The maximum Gasteiger partial charge on any atom is 0.146 e. The molecule has 0 saturated carbocycles. The van der Waals surface area contributed by atoms with Crippen LogP contribution in [0.4, 0.5) is 0 Å². The van der Waals surface area contributed by atoms with Gasteiger partial charge in [-0.15, -0.1) is 0 Å². The zero-order valence-corrected chi connectivity index (χ0v) is 8.63. The van der Waals surface area contributed by atoms with Gasteiger partial charge in [0.1, 0.15) is 6.79 Å². The van der Waals surface area contributed by atoms with Crippen LogP contribution in [0.5, 0.6) is 0 Å². The quantitative estimate of drug-likeness (QED) is 0.445. The molecule has 0 aliphatic carbocycles. The molecule has 0 spiro atoms. The summed E-state index contributed by atoms with van der Waals surface area (Å²) in [6, 6.07) is 0. The Bertz CT molecular complexity index is 113. The molecule has 1 aliphatic heterocycles. The van der Waals surface area contributed by atoms with Crippen LogP contribution in [-0.2, 0) is 9.47 Å². The Labute approximate surface area is 81.0 Å². The van der Waals surface area contributed by atoms with E-state index in [9.17, 15) is 0 Å². The van der Waals surface area contributed by atoms with E-state index in [-0.39, 0.29) is 0 Å². The third-order valence-electron chi connectivity index (χ3n) is 2.27. The summed E-state index contributed by atoms with van der Waals surface area (Å²) in [5.41, 5.74) is 0. The summed E-state index contributed by atoms with van der Waals surface area (Å²) in [6.07, 6.45) is 3.77. The van der Waals surface area contributed by atoms with Crippen molar-refractivity contribution in [2.75, 3.05) is 39.6 Å². The largest absolute Gasteiger partial charge is 0.355 e. The van der Waals surface area contributed by atoms with Gasteiger partial charge < -0.3 is 14.4 Å². The minimum Gasteiger partial charge on any atom is -0.355 e. The van der Waals surface area contributed by atoms with Crippen molar-refractivity contribution in [1.82, 2.24) is 4.90 Å². The predicted octanol–water partition coefficient (Wildman–Crippen LogP) is 1.48. The molecule has 1 rings (SSSR count). The lowest BCUT2D eigenvalue weighted by Crippen LogP contribution is -2.24. The Morgan fingerprint density at radius 2 is 1.77 bits per heavy atom. The number of rotatable bonds is 7. The molecule has 1 aliphatic rings. The lowest BCUT2D eigenvalue weighted by atomic mass is 10.4. The summed E-state index contributed by atoms with van der Waals surface area (Å²) in [5.74, 6) is 0. The monoisotopic (exact) mass is 187 g/mol. The van der Waals surface area contributed by atoms with Gasteiger partial charge in [-0.2, -0.15) is 0 Å². The van der Waals surface area contributed by atoms with Crippen molar-refractivity contribution >= 4 is 0 Å². The van der Waals surface area contributed by atoms with Gasteiger partial charge in [0.05, 0.1) is 6.61 Å². The first-order valence-corrected chi connectivity index (χ1v) is 5.31. The molecule has 1 heterocycles. The van der Waals surface area contributed by atoms with Crippen molar-refractivity contribution < 1.29 is 9.47 Å². The maximum absolute atomic E-state index is 5.33. The zero-order chi connectivity index (χ0) is 9.36. The summed E-state index contributed by atoms with van der Waals surface area (Å²) in [6.45, 7) is 7.74. The van der Waals surface area contributed by atoms with E-state index in [1.54, 1.807) is 0 Å². The minimum absolute atomic E-state index is 0.460. The maximum atomic E-state index is 5.33. The normalized spacial score (nSPS) is 18.2. The van der Waals surface area contributed by atoms with E-state index < -0.39 is 0 Å². The Morgan fingerprint density at radius 3 is 2.46 bits per heavy atom. The molecule has 3 nitrogen and oxygen atoms in total. The number of ether oxygens (including phenoxy) is 2. The average molecular weight is 187 g/mol. The molecule has 0 bridgehead atoms. The third-order valence-corrected chi connectivity index (χ3v) is 2.27. The smallest absolute Gasteiger partial charge is 0.146 e. The highest BCUT2D eigenvalue weighted by Crippen LogP contribution is 2.05. The van der Waals surface area contributed by atoms with Crippen LogP contribution >= 0.6 is 0 Å². The van der Waals surface area contributed by atoms with Gasteiger partial charge in [-0.1, -0.05) is 6.92 Å². The Morgan fingerprint density at radius 1 is 1.08 bits per heavy atom. The van der Waals surface area contributed by atoms with Gasteiger partial charge in [-0.25, -0.2) is 0 Å². The lowest BCUT2D eigenvalue weighted by Gasteiger charge is -2.14. The highest BCUT2D eigenvalue weighted by molar-refractivity contribution is 4.64. The fraction of sp³-hybridized carbons (Fsp3) is 1.00. The average Bonchev–Trinajstić information content (AvgIpc) is 2.63. The van der Waals surface area contributed by atoms with Crippen molar-refractivity contribution in [3.63, 3.8) is 0 Å². The SMILES string of the molecule is CCCOCOCCN1CCCC1. The number of hydrogen-bond acceptors (Lipinski definition) is 3. The summed E-state index contributed by atoms with van der Waals surface area (Å²) in [4.78, 5) is 2.44. The van der Waals surface area contributed by atoms with Crippen LogP contribution in [0.3, 0.4) is 0 Å². The molecule has 0 atom stereocenters. The molecule has 0 N–H and O–H groups in total. The predicted molar refractivity (Wildman–Crippen MR) is 52.7 cm³/mol. The Balaban J connectivity index is 1.78. The van der Waals surface area contributed by atoms with E-state index in [1.165, 1.54) is 25.9 Å². The van der Waals surface area contributed by atoms with Crippen molar-refractivity contribution in [3.8, 4) is 0 Å². The van der Waals surface area contributed by atoms with E-state index in [2.05, 4.69) is 11.8 Å². The summed E-state index contributed by atoms with van der Waals surface area (Å²) < 4.78 is 10.5. The van der Waals surface area contributed by atoms with Crippen molar-refractivity contribution in [1.29, 1.82) is 0 Å². The Kier molecular flexibility index (Phi) is 6.15. The molecule has 78 valence electrons. The fourth-order valence-corrected chi connectivity index (χ4v) is 1.52. The van der Waals surface area contributed by atoms with Gasteiger partial charge in [-0.3, -0.25) is 0 Å². The van der Waals surface area contributed by atoms with Gasteiger partial charge in [0.2, 0.25) is 0 Å². The standard InChI is InChI=1S/C10H21NO2/c1-2-8-12-10-13-9-7-11-5-3-4-6-11/h2-10H2,1H3. The molecular formula is C10H21NO2. The van der Waals surface area contributed by atoms with Crippen LogP contribution < -0.4 is 0 Å². The van der Waals surface area contributed by atoms with Crippen molar-refractivity contribution in [2.24, 2.45) is 0 Å². The topological polar surface area (TPSA) is 21.7 Å². The second-order valence-electron chi connectivity index (χ2n) is 3.48. The van der Waals surface area contributed by atoms with Crippen LogP contribution in [0, 0.1) is 0 Å². The van der Waals surface area contributed by atoms with Crippen LogP contribution in [-0.4, -0.2) is 44.5 Å². The molecule has 0 amide bonds. The summed E-state index contributed by atoms with van der Waals surface area (Å²) in [7, 11) is 0. The van der Waals surface area contributed by atoms with E-state index in [0.717, 1.165) is 26.2 Å². The molecule has 0 aromatic heterocycles. The fourth-order valence-electron chi connectivity index (χ4n) is 1.52. The van der Waals surface area contributed by atoms with Crippen LogP contribution in [0.1, 0.15) is 26.2 Å². The van der Waals surface area contributed by atoms with Crippen LogP contribution in [0.15, 0.2) is 0 Å². The molecule has 0 unspecified atom stereocenters. The van der Waals surface area contributed by atoms with E-state index in [1.807, 2.05) is 0 Å². The molecule has 1 fully saturated rings. The molecule has 3 heteroatoms. The van der Waals surface area contributed by atoms with Gasteiger partial charge >= 0.3 is 0 Å². The highest BCUT2D eigenvalue weighted by atomic mass is 16.7. The van der Waals surface area contributed by atoms with E-state index in [0.29, 0.717) is 6.79 Å². The molecule has 0 aromatic rings. The van der Waals surface area contributed by atoms with Crippen molar-refractivity contribution in [2.45, 2.75) is 26.2 Å². The van der Waals surface area contributed by atoms with E-state index in [4.69, 9.17) is 9.47 Å². The number of hydrogen-bond donors (Lipinski definition) is 0. The van der Waals surface area contributed by atoms with Crippen LogP contribution in [0.2, 0.25) is 0 Å². The molecular weight excluding hydrogens is 166 g/mol. The molecule has 0 aromatic carbocycles. The van der Waals surface area contributed by atoms with Gasteiger partial charge in [0, 0.05) is 13.2 Å². The van der Waals surface area contributed by atoms with Gasteiger partial charge in [-0.05, 0) is 32.4 Å². The van der Waals surface area contributed by atoms with Gasteiger partial charge in [0.15, 0.2) is 0 Å². The minimum atomic E-state index is 0.460. The van der Waals surface area contributed by atoms with Gasteiger partial charge in [0.25, 0.3) is 0 Å². The van der Waals surface area contributed by atoms with E-state index >= 15 is 0 Å². The first-order chi connectivity index (χ1) is 6.43.